The molecule has 1 aliphatic rings. The average Bonchev–Trinajstić information content (AvgIpc) is 2.50. The highest BCUT2D eigenvalue weighted by molar-refractivity contribution is 5.85. The van der Waals surface area contributed by atoms with Gasteiger partial charge in [-0.2, -0.15) is 0 Å². The summed E-state index contributed by atoms with van der Waals surface area (Å²) < 4.78 is 12.9. The van der Waals surface area contributed by atoms with Crippen molar-refractivity contribution >= 4 is 24.3 Å². The van der Waals surface area contributed by atoms with Crippen molar-refractivity contribution in [3.63, 3.8) is 0 Å². The Bertz CT molecular complexity index is 531. The molecule has 0 saturated carbocycles. The van der Waals surface area contributed by atoms with Gasteiger partial charge in [0.2, 0.25) is 5.91 Å². The highest BCUT2D eigenvalue weighted by atomic mass is 35.5. The number of benzene rings is 1. The van der Waals surface area contributed by atoms with E-state index in [0.29, 0.717) is 39.0 Å². The topological polar surface area (TPSA) is 60.9 Å². The molecular formula is C16H22ClFN2O3. The molecule has 0 aromatic heterocycles. The van der Waals surface area contributed by atoms with Crippen LogP contribution in [0.5, 0.6) is 0 Å². The molecule has 0 atom stereocenters. The Hall–Kier alpha value is -1.66. The summed E-state index contributed by atoms with van der Waals surface area (Å²) in [5.74, 6) is -1.35. The van der Waals surface area contributed by atoms with E-state index in [1.54, 1.807) is 24.1 Å². The third-order valence-corrected chi connectivity index (χ3v) is 4.05. The molecule has 1 heterocycles. The van der Waals surface area contributed by atoms with Crippen LogP contribution in [0, 0.1) is 11.7 Å². The van der Waals surface area contributed by atoms with Crippen molar-refractivity contribution in [1.29, 1.82) is 0 Å². The number of carbonyl (C=O) groups excluding carboxylic acids is 1. The maximum absolute atomic E-state index is 12.9. The molecule has 1 saturated heterocycles. The fourth-order valence-electron chi connectivity index (χ4n) is 2.60. The Balaban J connectivity index is 0.00000264. The summed E-state index contributed by atoms with van der Waals surface area (Å²) in [6, 6.07) is 6.09. The van der Waals surface area contributed by atoms with Gasteiger partial charge in [0.05, 0.1) is 12.5 Å². The molecule has 7 heteroatoms. The zero-order valence-electron chi connectivity index (χ0n) is 13.1. The molecule has 1 aromatic carbocycles. The Kier molecular flexibility index (Phi) is 7.45. The zero-order valence-corrected chi connectivity index (χ0v) is 13.9. The summed E-state index contributed by atoms with van der Waals surface area (Å²) in [5.41, 5.74) is 0.877. The van der Waals surface area contributed by atoms with E-state index >= 15 is 0 Å². The minimum Gasteiger partial charge on any atom is -0.481 e. The fourth-order valence-corrected chi connectivity index (χ4v) is 2.60. The second-order valence-electron chi connectivity index (χ2n) is 5.76. The van der Waals surface area contributed by atoms with Gasteiger partial charge in [-0.1, -0.05) is 12.1 Å². The molecule has 1 amide bonds. The molecule has 0 bridgehead atoms. The summed E-state index contributed by atoms with van der Waals surface area (Å²) in [7, 11) is 1.72. The van der Waals surface area contributed by atoms with Crippen LogP contribution in [0.2, 0.25) is 0 Å². The maximum atomic E-state index is 12.9. The number of carboxylic acid groups (broad SMARTS) is 1. The number of likely N-dealkylation sites (tertiary alicyclic amines) is 1. The number of hydrogen-bond donors (Lipinski definition) is 1. The number of aliphatic carboxylic acids is 1. The van der Waals surface area contributed by atoms with Crippen LogP contribution in [0.1, 0.15) is 18.4 Å². The van der Waals surface area contributed by atoms with Crippen LogP contribution in [0.15, 0.2) is 24.3 Å². The average molecular weight is 345 g/mol. The highest BCUT2D eigenvalue weighted by Gasteiger charge is 2.26. The summed E-state index contributed by atoms with van der Waals surface area (Å²) in [6.07, 6.45) is 1.18. The largest absolute Gasteiger partial charge is 0.481 e. The smallest absolute Gasteiger partial charge is 0.306 e. The minimum absolute atomic E-state index is 0. The SMILES string of the molecule is CN(Cc1ccc(F)cc1)C(=O)CN1CCC(C(=O)O)CC1.Cl. The number of rotatable bonds is 5. The Labute approximate surface area is 141 Å². The van der Waals surface area contributed by atoms with Gasteiger partial charge in [-0.05, 0) is 43.6 Å². The lowest BCUT2D eigenvalue weighted by molar-refractivity contribution is -0.143. The first kappa shape index (κ1) is 19.4. The van der Waals surface area contributed by atoms with Gasteiger partial charge in [0, 0.05) is 13.6 Å². The van der Waals surface area contributed by atoms with Crippen LogP contribution in [-0.2, 0) is 16.1 Å². The van der Waals surface area contributed by atoms with Crippen molar-refractivity contribution in [1.82, 2.24) is 9.80 Å². The fraction of sp³-hybridized carbons (Fsp3) is 0.500. The number of amides is 1. The Morgan fingerprint density at radius 1 is 1.26 bits per heavy atom. The number of hydrogen-bond acceptors (Lipinski definition) is 3. The van der Waals surface area contributed by atoms with E-state index in [1.807, 2.05) is 4.90 Å². The van der Waals surface area contributed by atoms with Crippen molar-refractivity contribution in [3.05, 3.63) is 35.6 Å². The first-order valence-electron chi connectivity index (χ1n) is 7.39. The van der Waals surface area contributed by atoms with Crippen molar-refractivity contribution < 1.29 is 19.1 Å². The predicted octanol–water partition coefficient (Wildman–Crippen LogP) is 2.00. The molecule has 1 aliphatic heterocycles. The Morgan fingerprint density at radius 3 is 2.35 bits per heavy atom. The second-order valence-corrected chi connectivity index (χ2v) is 5.76. The minimum atomic E-state index is -0.751. The lowest BCUT2D eigenvalue weighted by Crippen LogP contribution is -2.43. The monoisotopic (exact) mass is 344 g/mol. The molecule has 1 fully saturated rings. The van der Waals surface area contributed by atoms with Gasteiger partial charge in [0.25, 0.3) is 0 Å². The van der Waals surface area contributed by atoms with E-state index in [9.17, 15) is 14.0 Å². The first-order chi connectivity index (χ1) is 10.5. The van der Waals surface area contributed by atoms with E-state index in [0.717, 1.165) is 5.56 Å². The number of carbonyl (C=O) groups is 2. The van der Waals surface area contributed by atoms with E-state index < -0.39 is 5.97 Å². The van der Waals surface area contributed by atoms with Crippen LogP contribution in [-0.4, -0.2) is 53.5 Å². The van der Waals surface area contributed by atoms with E-state index in [4.69, 9.17) is 5.11 Å². The maximum Gasteiger partial charge on any atom is 0.306 e. The number of piperidine rings is 1. The third-order valence-electron chi connectivity index (χ3n) is 4.05. The third kappa shape index (κ3) is 5.80. The molecule has 2 rings (SSSR count). The molecule has 0 aliphatic carbocycles. The van der Waals surface area contributed by atoms with Gasteiger partial charge in [0.15, 0.2) is 0 Å². The van der Waals surface area contributed by atoms with E-state index in [-0.39, 0.29) is 30.0 Å². The Morgan fingerprint density at radius 2 is 1.83 bits per heavy atom. The first-order valence-corrected chi connectivity index (χ1v) is 7.39. The molecule has 23 heavy (non-hydrogen) atoms. The molecule has 128 valence electrons. The number of halogens is 2. The quantitative estimate of drug-likeness (QED) is 0.887. The molecule has 1 N–H and O–H groups in total. The number of likely N-dealkylation sites (N-methyl/N-ethyl adjacent to an activating group) is 1. The molecule has 0 spiro atoms. The second kappa shape index (κ2) is 8.84. The lowest BCUT2D eigenvalue weighted by Gasteiger charge is -2.30. The number of carboxylic acids is 1. The summed E-state index contributed by atoms with van der Waals surface area (Å²) in [4.78, 5) is 26.7. The van der Waals surface area contributed by atoms with Gasteiger partial charge in [-0.25, -0.2) is 4.39 Å². The van der Waals surface area contributed by atoms with Crippen LogP contribution in [0.4, 0.5) is 4.39 Å². The zero-order chi connectivity index (χ0) is 16.1. The van der Waals surface area contributed by atoms with Crippen LogP contribution in [0.25, 0.3) is 0 Å². The lowest BCUT2D eigenvalue weighted by atomic mass is 9.97. The van der Waals surface area contributed by atoms with Crippen molar-refractivity contribution in [2.24, 2.45) is 5.92 Å². The van der Waals surface area contributed by atoms with Gasteiger partial charge in [-0.15, -0.1) is 12.4 Å². The van der Waals surface area contributed by atoms with Gasteiger partial charge < -0.3 is 10.0 Å². The highest BCUT2D eigenvalue weighted by Crippen LogP contribution is 2.17. The van der Waals surface area contributed by atoms with Crippen LogP contribution >= 0.6 is 12.4 Å². The molecular weight excluding hydrogens is 323 g/mol. The van der Waals surface area contributed by atoms with Crippen molar-refractivity contribution in [2.75, 3.05) is 26.7 Å². The van der Waals surface area contributed by atoms with Gasteiger partial charge >= 0.3 is 5.97 Å². The van der Waals surface area contributed by atoms with Crippen molar-refractivity contribution in [2.45, 2.75) is 19.4 Å². The predicted molar refractivity (Wildman–Crippen MR) is 86.9 cm³/mol. The van der Waals surface area contributed by atoms with Gasteiger partial charge in [0.1, 0.15) is 5.82 Å². The summed E-state index contributed by atoms with van der Waals surface area (Å²) >= 11 is 0. The summed E-state index contributed by atoms with van der Waals surface area (Å²) in [5, 5.41) is 8.96. The summed E-state index contributed by atoms with van der Waals surface area (Å²) in [6.45, 7) is 1.99. The van der Waals surface area contributed by atoms with Crippen LogP contribution in [0.3, 0.4) is 0 Å². The standard InChI is InChI=1S/C16H21FN2O3.ClH/c1-18(10-12-2-4-14(17)5-3-12)15(20)11-19-8-6-13(7-9-19)16(21)22;/h2-5,13H,6-11H2,1H3,(H,21,22);1H. The van der Waals surface area contributed by atoms with E-state index in [1.165, 1.54) is 12.1 Å². The van der Waals surface area contributed by atoms with E-state index in [2.05, 4.69) is 0 Å². The number of nitrogens with zero attached hydrogens (tertiary/aromatic N) is 2. The van der Waals surface area contributed by atoms with Gasteiger partial charge in [-0.3, -0.25) is 14.5 Å². The van der Waals surface area contributed by atoms with Crippen molar-refractivity contribution in [3.8, 4) is 0 Å². The normalized spacial score (nSPS) is 15.7. The van der Waals surface area contributed by atoms with Crippen LogP contribution < -0.4 is 0 Å². The molecule has 5 nitrogen and oxygen atoms in total. The molecule has 0 radical (unpaired) electrons. The molecule has 1 aromatic rings. The molecule has 0 unspecified atom stereocenters.